The fourth-order valence-corrected chi connectivity index (χ4v) is 1.54. The lowest BCUT2D eigenvalue weighted by Crippen LogP contribution is -2.10. The molecule has 3 nitrogen and oxygen atoms in total. The Kier molecular flexibility index (Phi) is 2.11. The molecule has 0 radical (unpaired) electrons. The molecule has 1 aromatic rings. The van der Waals surface area contributed by atoms with Gasteiger partial charge in [0.05, 0.1) is 0 Å². The van der Waals surface area contributed by atoms with Gasteiger partial charge in [0.1, 0.15) is 18.5 Å². The van der Waals surface area contributed by atoms with E-state index in [1.165, 1.54) is 6.07 Å². The Bertz CT molecular complexity index is 390. The minimum atomic E-state index is -0.219. The van der Waals surface area contributed by atoms with Crippen LogP contribution in [0, 0.1) is 12.7 Å². The molecule has 1 aliphatic rings. The van der Waals surface area contributed by atoms with Gasteiger partial charge in [-0.2, -0.15) is 0 Å². The lowest BCUT2D eigenvalue weighted by atomic mass is 10.0. The van der Waals surface area contributed by atoms with E-state index in [0.717, 1.165) is 5.56 Å². The number of hydrogen-bond acceptors (Lipinski definition) is 3. The predicted octanol–water partition coefficient (Wildman–Crippen LogP) is 1.52. The maximum Gasteiger partial charge on any atom is 0.282 e. The van der Waals surface area contributed by atoms with Gasteiger partial charge in [0.15, 0.2) is 0 Å². The fraction of sp³-hybridized carbons (Fsp3) is 0.300. The zero-order chi connectivity index (χ0) is 10.1. The van der Waals surface area contributed by atoms with Crippen LogP contribution in [-0.2, 0) is 4.74 Å². The van der Waals surface area contributed by atoms with Crippen LogP contribution >= 0.6 is 0 Å². The second-order valence-electron chi connectivity index (χ2n) is 3.25. The van der Waals surface area contributed by atoms with Crippen molar-refractivity contribution >= 4 is 6.02 Å². The minimum Gasteiger partial charge on any atom is -0.463 e. The monoisotopic (exact) mass is 194 g/mol. The van der Waals surface area contributed by atoms with Crippen molar-refractivity contribution in [1.29, 1.82) is 0 Å². The van der Waals surface area contributed by atoms with E-state index in [4.69, 9.17) is 10.5 Å². The quantitative estimate of drug-likeness (QED) is 0.736. The molecule has 0 spiro atoms. The summed E-state index contributed by atoms with van der Waals surface area (Å²) >= 11 is 0. The van der Waals surface area contributed by atoms with Crippen LogP contribution in [0.2, 0.25) is 0 Å². The van der Waals surface area contributed by atoms with Gasteiger partial charge >= 0.3 is 0 Å². The maximum absolute atomic E-state index is 13.2. The van der Waals surface area contributed by atoms with Gasteiger partial charge in [-0.3, -0.25) is 0 Å². The summed E-state index contributed by atoms with van der Waals surface area (Å²) in [4.78, 5) is 4.07. The van der Waals surface area contributed by atoms with Crippen molar-refractivity contribution in [3.63, 3.8) is 0 Å². The van der Waals surface area contributed by atoms with E-state index in [2.05, 4.69) is 4.99 Å². The summed E-state index contributed by atoms with van der Waals surface area (Å²) in [5.74, 6) is -0.219. The third-order valence-electron chi connectivity index (χ3n) is 2.34. The van der Waals surface area contributed by atoms with E-state index in [1.54, 1.807) is 13.0 Å². The molecule has 0 aliphatic carbocycles. The van der Waals surface area contributed by atoms with E-state index in [0.29, 0.717) is 12.2 Å². The highest BCUT2D eigenvalue weighted by Crippen LogP contribution is 2.26. The van der Waals surface area contributed by atoms with Gasteiger partial charge in [0.2, 0.25) is 0 Å². The number of nitrogens with two attached hydrogens (primary N) is 1. The molecule has 0 aromatic heterocycles. The summed E-state index contributed by atoms with van der Waals surface area (Å²) < 4.78 is 18.2. The van der Waals surface area contributed by atoms with Crippen molar-refractivity contribution in [3.05, 3.63) is 35.1 Å². The molecule has 4 heteroatoms. The van der Waals surface area contributed by atoms with Crippen LogP contribution in [0.5, 0.6) is 0 Å². The average molecular weight is 194 g/mol. The summed E-state index contributed by atoms with van der Waals surface area (Å²) in [5, 5.41) is 0. The normalized spacial score (nSPS) is 20.4. The third kappa shape index (κ3) is 1.43. The molecule has 14 heavy (non-hydrogen) atoms. The fourth-order valence-electron chi connectivity index (χ4n) is 1.54. The highest BCUT2D eigenvalue weighted by molar-refractivity contribution is 5.73. The molecule has 0 amide bonds. The van der Waals surface area contributed by atoms with Crippen molar-refractivity contribution in [2.75, 3.05) is 6.61 Å². The molecule has 1 unspecified atom stereocenters. The molecule has 1 aromatic carbocycles. The molecule has 0 fully saturated rings. The number of benzene rings is 1. The summed E-state index contributed by atoms with van der Waals surface area (Å²) in [5.41, 5.74) is 6.83. The van der Waals surface area contributed by atoms with Gasteiger partial charge in [-0.05, 0) is 24.1 Å². The second-order valence-corrected chi connectivity index (χ2v) is 3.25. The van der Waals surface area contributed by atoms with Gasteiger partial charge in [-0.1, -0.05) is 12.1 Å². The molecule has 2 N–H and O–H groups in total. The Morgan fingerprint density at radius 2 is 2.36 bits per heavy atom. The molecule has 0 bridgehead atoms. The van der Waals surface area contributed by atoms with Crippen LogP contribution in [-0.4, -0.2) is 12.6 Å². The van der Waals surface area contributed by atoms with Crippen LogP contribution in [0.3, 0.4) is 0 Å². The Morgan fingerprint density at radius 3 is 3.00 bits per heavy atom. The largest absolute Gasteiger partial charge is 0.463 e. The molecule has 1 aliphatic heterocycles. The molecular formula is C10H11FN2O. The van der Waals surface area contributed by atoms with Gasteiger partial charge in [0.25, 0.3) is 6.02 Å². The summed E-state index contributed by atoms with van der Waals surface area (Å²) in [6.07, 6.45) is 0. The standard InChI is InChI=1S/C10H11FN2O/c1-6-7(3-2-4-8(6)11)9-5-14-10(12)13-9/h2-4,9H,5H2,1H3,(H2,12,13). The molecular weight excluding hydrogens is 183 g/mol. The predicted molar refractivity (Wildman–Crippen MR) is 51.5 cm³/mol. The van der Waals surface area contributed by atoms with E-state index in [-0.39, 0.29) is 17.9 Å². The summed E-state index contributed by atoms with van der Waals surface area (Å²) in [6, 6.07) is 4.96. The van der Waals surface area contributed by atoms with Crippen LogP contribution in [0.25, 0.3) is 0 Å². The van der Waals surface area contributed by atoms with Crippen molar-refractivity contribution in [2.45, 2.75) is 13.0 Å². The van der Waals surface area contributed by atoms with Gasteiger partial charge in [-0.25, -0.2) is 9.38 Å². The number of nitrogens with zero attached hydrogens (tertiary/aromatic N) is 1. The second kappa shape index (κ2) is 3.29. The zero-order valence-electron chi connectivity index (χ0n) is 7.83. The van der Waals surface area contributed by atoms with E-state index >= 15 is 0 Å². The molecule has 1 atom stereocenters. The lowest BCUT2D eigenvalue weighted by molar-refractivity contribution is 0.314. The Hall–Kier alpha value is -1.58. The Labute approximate surface area is 81.4 Å². The number of rotatable bonds is 1. The van der Waals surface area contributed by atoms with E-state index in [1.807, 2.05) is 6.07 Å². The zero-order valence-corrected chi connectivity index (χ0v) is 7.83. The highest BCUT2D eigenvalue weighted by atomic mass is 19.1. The molecule has 0 saturated carbocycles. The van der Waals surface area contributed by atoms with Crippen LogP contribution in [0.1, 0.15) is 17.2 Å². The first kappa shape index (κ1) is 8.99. The summed E-state index contributed by atoms with van der Waals surface area (Å²) in [7, 11) is 0. The number of halogens is 1. The van der Waals surface area contributed by atoms with Crippen molar-refractivity contribution in [3.8, 4) is 0 Å². The molecule has 2 rings (SSSR count). The average Bonchev–Trinajstić information content (AvgIpc) is 2.57. The smallest absolute Gasteiger partial charge is 0.282 e. The van der Waals surface area contributed by atoms with Gasteiger partial charge < -0.3 is 10.5 Å². The van der Waals surface area contributed by atoms with E-state index in [9.17, 15) is 4.39 Å². The maximum atomic E-state index is 13.2. The molecule has 1 heterocycles. The Balaban J connectivity index is 2.37. The van der Waals surface area contributed by atoms with Crippen molar-refractivity contribution in [2.24, 2.45) is 10.7 Å². The highest BCUT2D eigenvalue weighted by Gasteiger charge is 2.21. The number of ether oxygens (including phenoxy) is 1. The van der Waals surface area contributed by atoms with Gasteiger partial charge in [-0.15, -0.1) is 0 Å². The van der Waals surface area contributed by atoms with Crippen LogP contribution in [0.15, 0.2) is 23.2 Å². The van der Waals surface area contributed by atoms with Crippen molar-refractivity contribution in [1.82, 2.24) is 0 Å². The SMILES string of the molecule is Cc1c(F)cccc1C1COC(N)=N1. The topological polar surface area (TPSA) is 47.6 Å². The first-order valence-corrected chi connectivity index (χ1v) is 4.39. The number of amidine groups is 1. The number of hydrogen-bond donors (Lipinski definition) is 1. The number of aliphatic imine (C=N–C) groups is 1. The first-order chi connectivity index (χ1) is 6.68. The lowest BCUT2D eigenvalue weighted by Gasteiger charge is -2.09. The van der Waals surface area contributed by atoms with Crippen LogP contribution in [0.4, 0.5) is 4.39 Å². The van der Waals surface area contributed by atoms with Gasteiger partial charge in [0, 0.05) is 0 Å². The first-order valence-electron chi connectivity index (χ1n) is 4.39. The third-order valence-corrected chi connectivity index (χ3v) is 2.34. The van der Waals surface area contributed by atoms with Crippen molar-refractivity contribution < 1.29 is 9.13 Å². The minimum absolute atomic E-state index is 0.161. The Morgan fingerprint density at radius 1 is 1.57 bits per heavy atom. The molecule has 0 saturated heterocycles. The molecule has 74 valence electrons. The van der Waals surface area contributed by atoms with Crippen LogP contribution < -0.4 is 5.73 Å². The van der Waals surface area contributed by atoms with E-state index < -0.39 is 0 Å². The summed E-state index contributed by atoms with van der Waals surface area (Å²) in [6.45, 7) is 2.13.